The summed E-state index contributed by atoms with van der Waals surface area (Å²) in [4.78, 5) is 18.6. The maximum absolute atomic E-state index is 14.2. The van der Waals surface area contributed by atoms with Crippen molar-refractivity contribution in [3.05, 3.63) is 154 Å². The van der Waals surface area contributed by atoms with Crippen LogP contribution in [0.25, 0.3) is 5.69 Å². The number of hydrogen-bond acceptors (Lipinski definition) is 7. The highest BCUT2D eigenvalue weighted by Gasteiger charge is 2.30. The highest BCUT2D eigenvalue weighted by Crippen LogP contribution is 2.29. The molecule has 0 aliphatic carbocycles. The maximum Gasteiger partial charge on any atom is 0.316 e. The number of anilines is 1. The number of hydrogen-bond donors (Lipinski definition) is 0. The monoisotopic (exact) mass is 723 g/mol. The standard InChI is InChI=1S/C41H46FN5O4S/c1-2-12-38(23-24-44(30-33-13-6-3-7-14-33)31-34-15-8-4-9-16-34)51-40-39(29-43-47(41(40)48)37-21-19-36(42)20-22-37)45-25-27-46(28-26-45)52(49,50)32-35-17-10-5-11-18-35/h3-11,13-22,29,38H,2,12,23-28,30-32H2,1H3. The zero-order valence-corrected chi connectivity index (χ0v) is 30.4. The molecule has 6 rings (SSSR count). The number of piperazine rings is 1. The summed E-state index contributed by atoms with van der Waals surface area (Å²) in [5.41, 5.74) is 3.67. The molecule has 52 heavy (non-hydrogen) atoms. The van der Waals surface area contributed by atoms with Crippen LogP contribution in [0.1, 0.15) is 42.9 Å². The molecule has 0 saturated carbocycles. The van der Waals surface area contributed by atoms with Crippen LogP contribution in [-0.4, -0.2) is 66.2 Å². The molecule has 4 aromatic carbocycles. The molecular formula is C41H46FN5O4S. The molecule has 5 aromatic rings. The zero-order chi connectivity index (χ0) is 36.3. The molecule has 1 aromatic heterocycles. The lowest BCUT2D eigenvalue weighted by molar-refractivity contribution is 0.145. The van der Waals surface area contributed by atoms with E-state index in [9.17, 15) is 17.6 Å². The predicted octanol–water partition coefficient (Wildman–Crippen LogP) is 6.66. The molecule has 1 aliphatic rings. The van der Waals surface area contributed by atoms with Gasteiger partial charge in [0, 0.05) is 45.8 Å². The van der Waals surface area contributed by atoms with Gasteiger partial charge in [0.15, 0.2) is 0 Å². The molecule has 1 atom stereocenters. The van der Waals surface area contributed by atoms with Gasteiger partial charge < -0.3 is 9.64 Å². The van der Waals surface area contributed by atoms with Crippen LogP contribution in [0.2, 0.25) is 0 Å². The minimum absolute atomic E-state index is 0.0677. The Bertz CT molecular complexity index is 1980. The lowest BCUT2D eigenvalue weighted by Gasteiger charge is -2.36. The summed E-state index contributed by atoms with van der Waals surface area (Å²) in [6, 6.07) is 35.5. The lowest BCUT2D eigenvalue weighted by atomic mass is 10.1. The van der Waals surface area contributed by atoms with Crippen LogP contribution in [-0.2, 0) is 28.9 Å². The van der Waals surface area contributed by atoms with Gasteiger partial charge in [-0.25, -0.2) is 12.8 Å². The van der Waals surface area contributed by atoms with Crippen molar-refractivity contribution in [2.24, 2.45) is 0 Å². The van der Waals surface area contributed by atoms with Crippen molar-refractivity contribution < 1.29 is 17.5 Å². The smallest absolute Gasteiger partial charge is 0.316 e. The average Bonchev–Trinajstić information content (AvgIpc) is 3.16. The van der Waals surface area contributed by atoms with Crippen LogP contribution in [0.4, 0.5) is 10.1 Å². The molecule has 11 heteroatoms. The third-order valence-electron chi connectivity index (χ3n) is 9.31. The average molecular weight is 724 g/mol. The van der Waals surface area contributed by atoms with Gasteiger partial charge in [0.05, 0.1) is 17.6 Å². The fraction of sp³-hybridized carbons (Fsp3) is 0.317. The normalized spacial score (nSPS) is 14.4. The van der Waals surface area contributed by atoms with Crippen molar-refractivity contribution in [1.29, 1.82) is 0 Å². The Morgan fingerprint density at radius 3 is 1.88 bits per heavy atom. The van der Waals surface area contributed by atoms with Crippen molar-refractivity contribution in [2.45, 2.75) is 51.1 Å². The van der Waals surface area contributed by atoms with Crippen molar-refractivity contribution in [2.75, 3.05) is 37.6 Å². The van der Waals surface area contributed by atoms with Gasteiger partial charge in [-0.05, 0) is 53.8 Å². The van der Waals surface area contributed by atoms with E-state index in [0.717, 1.165) is 38.0 Å². The Kier molecular flexibility index (Phi) is 12.5. The molecule has 0 amide bonds. The van der Waals surface area contributed by atoms with Crippen molar-refractivity contribution in [3.8, 4) is 11.4 Å². The summed E-state index contributed by atoms with van der Waals surface area (Å²) in [5, 5.41) is 4.48. The molecule has 1 aliphatic heterocycles. The van der Waals surface area contributed by atoms with E-state index in [1.54, 1.807) is 6.20 Å². The first-order valence-electron chi connectivity index (χ1n) is 17.9. The molecule has 1 saturated heterocycles. The molecule has 0 radical (unpaired) electrons. The number of halogens is 1. The van der Waals surface area contributed by atoms with Gasteiger partial charge in [0.2, 0.25) is 15.8 Å². The fourth-order valence-corrected chi connectivity index (χ4v) is 8.11. The maximum atomic E-state index is 14.2. The first-order valence-corrected chi connectivity index (χ1v) is 19.5. The summed E-state index contributed by atoms with van der Waals surface area (Å²) in [6.07, 6.45) is 3.59. The Balaban J connectivity index is 1.24. The van der Waals surface area contributed by atoms with Gasteiger partial charge in [-0.3, -0.25) is 9.69 Å². The first kappa shape index (κ1) is 36.9. The minimum Gasteiger partial charge on any atom is -0.483 e. The van der Waals surface area contributed by atoms with Crippen molar-refractivity contribution in [3.63, 3.8) is 0 Å². The quantitative estimate of drug-likeness (QED) is 0.113. The van der Waals surface area contributed by atoms with E-state index >= 15 is 0 Å². The molecule has 0 bridgehead atoms. The second-order valence-corrected chi connectivity index (χ2v) is 15.1. The summed E-state index contributed by atoms with van der Waals surface area (Å²) < 4.78 is 49.9. The van der Waals surface area contributed by atoms with Gasteiger partial charge in [-0.1, -0.05) is 104 Å². The number of ether oxygens (including phenoxy) is 1. The van der Waals surface area contributed by atoms with E-state index in [0.29, 0.717) is 30.9 Å². The van der Waals surface area contributed by atoms with Crippen LogP contribution in [0.15, 0.2) is 126 Å². The summed E-state index contributed by atoms with van der Waals surface area (Å²) in [5.74, 6) is -0.318. The second kappa shape index (κ2) is 17.6. The molecule has 272 valence electrons. The van der Waals surface area contributed by atoms with Gasteiger partial charge in [0.1, 0.15) is 17.6 Å². The Morgan fingerprint density at radius 2 is 1.33 bits per heavy atom. The van der Waals surface area contributed by atoms with Crippen LogP contribution in [0, 0.1) is 5.82 Å². The zero-order valence-electron chi connectivity index (χ0n) is 29.6. The molecule has 1 unspecified atom stereocenters. The summed E-state index contributed by atoms with van der Waals surface area (Å²) >= 11 is 0. The third-order valence-corrected chi connectivity index (χ3v) is 11.2. The highest BCUT2D eigenvalue weighted by atomic mass is 32.2. The molecular weight excluding hydrogens is 678 g/mol. The topological polar surface area (TPSA) is 88.0 Å². The van der Waals surface area contributed by atoms with E-state index in [1.165, 1.54) is 44.4 Å². The first-order chi connectivity index (χ1) is 25.3. The van der Waals surface area contributed by atoms with Gasteiger partial charge >= 0.3 is 5.56 Å². The number of aromatic nitrogens is 2. The highest BCUT2D eigenvalue weighted by molar-refractivity contribution is 7.88. The summed E-state index contributed by atoms with van der Waals surface area (Å²) in [7, 11) is -3.54. The number of sulfonamides is 1. The number of benzene rings is 4. The van der Waals surface area contributed by atoms with E-state index in [-0.39, 0.29) is 30.7 Å². The molecule has 0 N–H and O–H groups in total. The minimum atomic E-state index is -3.54. The van der Waals surface area contributed by atoms with E-state index in [1.807, 2.05) is 47.4 Å². The Hall–Kier alpha value is -4.84. The van der Waals surface area contributed by atoms with Crippen molar-refractivity contribution in [1.82, 2.24) is 19.0 Å². The van der Waals surface area contributed by atoms with Crippen LogP contribution in [0.3, 0.4) is 0 Å². The molecule has 2 heterocycles. The number of nitrogens with zero attached hydrogens (tertiary/aromatic N) is 5. The van der Waals surface area contributed by atoms with Crippen LogP contribution < -0.4 is 15.2 Å². The van der Waals surface area contributed by atoms with Crippen molar-refractivity contribution >= 4 is 15.7 Å². The molecule has 1 fully saturated rings. The SMILES string of the molecule is CCCC(CCN(Cc1ccccc1)Cc1ccccc1)Oc1c(N2CCN(S(=O)(=O)Cc3ccccc3)CC2)cnn(-c2ccc(F)cc2)c1=O. The molecule has 0 spiro atoms. The predicted molar refractivity (Wildman–Crippen MR) is 204 cm³/mol. The van der Waals surface area contributed by atoms with E-state index < -0.39 is 21.4 Å². The summed E-state index contributed by atoms with van der Waals surface area (Å²) in [6.45, 7) is 5.64. The van der Waals surface area contributed by atoms with Gasteiger partial charge in [0.25, 0.3) is 0 Å². The largest absolute Gasteiger partial charge is 0.483 e. The van der Waals surface area contributed by atoms with Gasteiger partial charge in [-0.2, -0.15) is 14.1 Å². The molecule has 9 nitrogen and oxygen atoms in total. The third kappa shape index (κ3) is 9.73. The number of rotatable bonds is 16. The van der Waals surface area contributed by atoms with Crippen LogP contribution in [0.5, 0.6) is 5.75 Å². The Morgan fingerprint density at radius 1 is 0.769 bits per heavy atom. The fourth-order valence-electron chi connectivity index (χ4n) is 6.59. The second-order valence-electron chi connectivity index (χ2n) is 13.2. The van der Waals surface area contributed by atoms with Crippen LogP contribution >= 0.6 is 0 Å². The van der Waals surface area contributed by atoms with E-state index in [4.69, 9.17) is 4.74 Å². The lowest BCUT2D eigenvalue weighted by Crippen LogP contribution is -2.49. The van der Waals surface area contributed by atoms with Gasteiger partial charge in [-0.15, -0.1) is 0 Å². The van der Waals surface area contributed by atoms with E-state index in [2.05, 4.69) is 65.5 Å². The Labute approximate surface area is 305 Å².